The molecular weight excluding hydrogens is 456 g/mol. The number of nitrogens with zero attached hydrogens (tertiary/aromatic N) is 4. The number of ether oxygens (including phenoxy) is 2. The SMILES string of the molecule is COC(=O)N1C[N+]2(C)C(=CC(=S)N2C)N=C1S(=O)(=O)Nc1c(C)cccc1OC(F)F. The van der Waals surface area contributed by atoms with Gasteiger partial charge in [0, 0.05) is 0 Å². The van der Waals surface area contributed by atoms with Gasteiger partial charge in [0.2, 0.25) is 0 Å². The number of methoxy groups -OCH3 is 1. The van der Waals surface area contributed by atoms with Crippen molar-refractivity contribution in [3.63, 3.8) is 0 Å². The van der Waals surface area contributed by atoms with E-state index in [1.54, 1.807) is 19.1 Å². The van der Waals surface area contributed by atoms with Gasteiger partial charge in [-0.2, -0.15) is 31.7 Å². The normalized spacial score (nSPS) is 20.9. The van der Waals surface area contributed by atoms with Crippen LogP contribution in [0.4, 0.5) is 19.3 Å². The van der Waals surface area contributed by atoms with E-state index >= 15 is 0 Å². The van der Waals surface area contributed by atoms with Crippen LogP contribution in [0.25, 0.3) is 0 Å². The van der Waals surface area contributed by atoms with Gasteiger partial charge in [-0.05, 0) is 18.6 Å². The zero-order chi connectivity index (χ0) is 23.1. The van der Waals surface area contributed by atoms with Crippen LogP contribution >= 0.6 is 12.2 Å². The first-order chi connectivity index (χ1) is 14.4. The molecule has 1 amide bonds. The molecule has 1 atom stereocenters. The second-order valence-corrected chi connectivity index (χ2v) is 8.86. The van der Waals surface area contributed by atoms with Crippen LogP contribution in [-0.4, -0.2) is 73.7 Å². The van der Waals surface area contributed by atoms with Gasteiger partial charge in [0.25, 0.3) is 21.0 Å². The van der Waals surface area contributed by atoms with Crippen LogP contribution in [0.15, 0.2) is 35.1 Å². The van der Waals surface area contributed by atoms with E-state index in [1.807, 2.05) is 0 Å². The molecule has 3 rings (SSSR count). The molecule has 1 unspecified atom stereocenters. The lowest BCUT2D eigenvalue weighted by Gasteiger charge is -2.41. The van der Waals surface area contributed by atoms with Crippen LogP contribution in [0.5, 0.6) is 5.75 Å². The number of amides is 1. The molecule has 10 nitrogen and oxygen atoms in total. The quantitative estimate of drug-likeness (QED) is 0.525. The van der Waals surface area contributed by atoms with E-state index in [0.717, 1.165) is 12.0 Å². The number of sulfonamides is 1. The Morgan fingerprint density at radius 3 is 2.68 bits per heavy atom. The molecule has 0 aromatic heterocycles. The molecule has 2 aliphatic rings. The number of amidine groups is 1. The average Bonchev–Trinajstić information content (AvgIpc) is 2.91. The van der Waals surface area contributed by atoms with Crippen molar-refractivity contribution in [3.05, 3.63) is 35.7 Å². The number of carbonyl (C=O) groups is 1. The maximum absolute atomic E-state index is 13.2. The number of anilines is 1. The van der Waals surface area contributed by atoms with Crippen LogP contribution in [-0.2, 0) is 14.8 Å². The minimum absolute atomic E-state index is 0.0862. The van der Waals surface area contributed by atoms with Crippen LogP contribution in [0.1, 0.15) is 5.56 Å². The molecule has 0 saturated heterocycles. The third-order valence-corrected chi connectivity index (χ3v) is 6.55. The fourth-order valence-corrected chi connectivity index (χ4v) is 4.66. The van der Waals surface area contributed by atoms with E-state index in [4.69, 9.17) is 17.0 Å². The summed E-state index contributed by atoms with van der Waals surface area (Å²) < 4.78 is 63.3. The highest BCUT2D eigenvalue weighted by Gasteiger charge is 2.51. The number of aryl methyl sites for hydroxylation is 1. The number of carbonyl (C=O) groups excluding carboxylic acids is 1. The molecule has 31 heavy (non-hydrogen) atoms. The lowest BCUT2D eigenvalue weighted by Crippen LogP contribution is -2.63. The molecule has 0 spiro atoms. The van der Waals surface area contributed by atoms with Crippen molar-refractivity contribution in [2.45, 2.75) is 13.5 Å². The smallest absolute Gasteiger partial charge is 0.420 e. The number of benzene rings is 1. The number of likely N-dealkylation sites (N-methyl/N-ethyl adjacent to an activating group) is 1. The van der Waals surface area contributed by atoms with Crippen molar-refractivity contribution >= 4 is 44.2 Å². The van der Waals surface area contributed by atoms with E-state index < -0.39 is 27.9 Å². The lowest BCUT2D eigenvalue weighted by atomic mass is 10.2. The Morgan fingerprint density at radius 1 is 1.39 bits per heavy atom. The fraction of sp³-hybridized carbons (Fsp3) is 0.353. The standard InChI is InChI=1S/C17H20F2N5O5S2/c1-10-6-5-7-11(29-15(18)19)14(10)21-31(26,27)16-20-12-8-13(30)22(2)24(12,3)9-23(16)17(25)28-4/h5-8,15,21H,9H2,1-4H3/q+1. The number of hydrogen-bond donors (Lipinski definition) is 1. The first kappa shape index (κ1) is 22.8. The van der Waals surface area contributed by atoms with Crippen molar-refractivity contribution in [1.29, 1.82) is 0 Å². The summed E-state index contributed by atoms with van der Waals surface area (Å²) in [4.78, 5) is 17.8. The van der Waals surface area contributed by atoms with E-state index in [1.165, 1.54) is 31.2 Å². The fourth-order valence-electron chi connectivity index (χ4n) is 3.11. The number of para-hydroxylation sites is 1. The molecule has 1 aromatic carbocycles. The van der Waals surface area contributed by atoms with Gasteiger partial charge in [0.05, 0.1) is 33.0 Å². The lowest BCUT2D eigenvalue weighted by molar-refractivity contribution is -0.973. The Kier molecular flexibility index (Phi) is 5.90. The average molecular weight is 477 g/mol. The highest BCUT2D eigenvalue weighted by atomic mass is 32.2. The van der Waals surface area contributed by atoms with E-state index in [-0.39, 0.29) is 28.5 Å². The number of fused-ring (bicyclic) bond motifs is 1. The maximum atomic E-state index is 13.2. The number of halogens is 2. The van der Waals surface area contributed by atoms with E-state index in [2.05, 4.69) is 14.5 Å². The van der Waals surface area contributed by atoms with E-state index in [9.17, 15) is 22.0 Å². The minimum Gasteiger partial charge on any atom is -0.452 e. The Balaban J connectivity index is 2.09. The number of hydrogen-bond acceptors (Lipinski definition) is 7. The van der Waals surface area contributed by atoms with Gasteiger partial charge in [-0.3, -0.25) is 4.72 Å². The van der Waals surface area contributed by atoms with E-state index in [0.29, 0.717) is 10.6 Å². The Bertz CT molecular complexity index is 1110. The summed E-state index contributed by atoms with van der Waals surface area (Å²) in [5, 5.41) is 0.974. The molecule has 14 heteroatoms. The topological polar surface area (TPSA) is 101 Å². The summed E-state index contributed by atoms with van der Waals surface area (Å²) >= 11 is 5.25. The number of rotatable bonds is 4. The predicted octanol–water partition coefficient (Wildman–Crippen LogP) is 2.21. The number of nitrogens with one attached hydrogen (secondary N) is 1. The second kappa shape index (κ2) is 8.01. The summed E-state index contributed by atoms with van der Waals surface area (Å²) in [6.07, 6.45) is 0.543. The van der Waals surface area contributed by atoms with Gasteiger partial charge in [-0.25, -0.2) is 9.80 Å². The largest absolute Gasteiger partial charge is 0.452 e. The van der Waals surface area contributed by atoms with Crippen molar-refractivity contribution in [3.8, 4) is 5.75 Å². The Morgan fingerprint density at radius 2 is 2.06 bits per heavy atom. The van der Waals surface area contributed by atoms with Gasteiger partial charge in [-0.15, -0.1) is 0 Å². The molecule has 0 bridgehead atoms. The minimum atomic E-state index is -4.53. The third kappa shape index (κ3) is 4.05. The first-order valence-electron chi connectivity index (χ1n) is 8.78. The number of thiocarbonyl (C=S) groups is 1. The van der Waals surface area contributed by atoms with Crippen LogP contribution in [0.2, 0.25) is 0 Å². The molecule has 0 saturated carbocycles. The highest BCUT2D eigenvalue weighted by Crippen LogP contribution is 2.34. The van der Waals surface area contributed by atoms with Crippen LogP contribution in [0, 0.1) is 6.92 Å². The summed E-state index contributed by atoms with van der Waals surface area (Å²) in [5.41, 5.74) is 0.121. The predicted molar refractivity (Wildman–Crippen MR) is 112 cm³/mol. The van der Waals surface area contributed by atoms with Gasteiger partial charge in [-0.1, -0.05) is 24.4 Å². The summed E-state index contributed by atoms with van der Waals surface area (Å²) in [5.74, 6) is -0.0944. The van der Waals surface area contributed by atoms with Gasteiger partial charge < -0.3 is 9.47 Å². The summed E-state index contributed by atoms with van der Waals surface area (Å²) in [6.45, 7) is -1.83. The monoisotopic (exact) mass is 476 g/mol. The number of alkyl halides is 2. The highest BCUT2D eigenvalue weighted by molar-refractivity contribution is 8.07. The van der Waals surface area contributed by atoms with Gasteiger partial charge in [0.15, 0.2) is 11.7 Å². The van der Waals surface area contributed by atoms with Gasteiger partial charge in [0.1, 0.15) is 5.75 Å². The summed E-state index contributed by atoms with van der Waals surface area (Å²) in [6, 6.07) is 4.14. The zero-order valence-electron chi connectivity index (χ0n) is 17.0. The van der Waals surface area contributed by atoms with Crippen LogP contribution < -0.4 is 9.46 Å². The molecule has 1 N–H and O–H groups in total. The third-order valence-electron chi connectivity index (χ3n) is 4.91. The van der Waals surface area contributed by atoms with Crippen molar-refractivity contribution in [1.82, 2.24) is 9.91 Å². The van der Waals surface area contributed by atoms with Crippen molar-refractivity contribution in [2.24, 2.45) is 4.99 Å². The molecule has 2 heterocycles. The van der Waals surface area contributed by atoms with Gasteiger partial charge >= 0.3 is 12.7 Å². The molecule has 0 fully saturated rings. The molecule has 0 aliphatic carbocycles. The van der Waals surface area contributed by atoms with Crippen molar-refractivity contribution < 1.29 is 36.1 Å². The first-order valence-corrected chi connectivity index (χ1v) is 10.7. The second-order valence-electron chi connectivity index (χ2n) is 6.87. The van der Waals surface area contributed by atoms with Crippen molar-refractivity contribution in [2.75, 3.05) is 32.6 Å². The molecule has 2 aliphatic heterocycles. The number of quaternary nitrogens is 1. The Hall–Kier alpha value is -2.84. The van der Waals surface area contributed by atoms with Crippen LogP contribution in [0.3, 0.4) is 0 Å². The molecular formula is C17H20F2N5O5S2+. The number of aliphatic imine (C=N–C) groups is 1. The zero-order valence-corrected chi connectivity index (χ0v) is 18.6. The molecule has 168 valence electrons. The Labute approximate surface area is 182 Å². The molecule has 1 aromatic rings. The molecule has 0 radical (unpaired) electrons. The summed E-state index contributed by atoms with van der Waals surface area (Å²) in [7, 11) is -0.0692. The maximum Gasteiger partial charge on any atom is 0.420 e.